The molecule has 0 unspecified atom stereocenters. The monoisotopic (exact) mass is 371 g/mol. The Labute approximate surface area is 159 Å². The highest BCUT2D eigenvalue weighted by Crippen LogP contribution is 2.31. The van der Waals surface area contributed by atoms with Gasteiger partial charge in [-0.3, -0.25) is 0 Å². The summed E-state index contributed by atoms with van der Waals surface area (Å²) in [5.41, 5.74) is 1.69. The first-order valence-electron chi connectivity index (χ1n) is 8.94. The van der Waals surface area contributed by atoms with Crippen molar-refractivity contribution in [3.8, 4) is 17.4 Å². The number of urea groups is 1. The quantitative estimate of drug-likeness (QED) is 0.884. The molecule has 1 aromatic carbocycles. The molecule has 1 saturated heterocycles. The molecular formula is C20H25N3O4. The Bertz CT molecular complexity index is 784. The van der Waals surface area contributed by atoms with E-state index in [-0.39, 0.29) is 18.2 Å². The fraction of sp³-hybridized carbons (Fsp3) is 0.400. The Morgan fingerprint density at radius 2 is 1.93 bits per heavy atom. The van der Waals surface area contributed by atoms with Crippen molar-refractivity contribution >= 4 is 11.7 Å². The van der Waals surface area contributed by atoms with Gasteiger partial charge in [0, 0.05) is 19.2 Å². The third kappa shape index (κ3) is 4.89. The third-order valence-corrected chi connectivity index (χ3v) is 4.23. The van der Waals surface area contributed by atoms with Gasteiger partial charge in [0.2, 0.25) is 5.88 Å². The molecule has 1 aliphatic heterocycles. The minimum atomic E-state index is -0.160. The predicted molar refractivity (Wildman–Crippen MR) is 103 cm³/mol. The number of aromatic nitrogens is 1. The van der Waals surface area contributed by atoms with Crippen LogP contribution in [-0.2, 0) is 4.74 Å². The topological polar surface area (TPSA) is 72.9 Å². The second-order valence-corrected chi connectivity index (χ2v) is 6.73. The van der Waals surface area contributed by atoms with Crippen molar-refractivity contribution < 1.29 is 19.0 Å². The molecule has 0 spiro atoms. The maximum Gasteiger partial charge on any atom is 0.322 e. The van der Waals surface area contributed by atoms with Gasteiger partial charge in [-0.25, -0.2) is 9.78 Å². The molecule has 0 saturated carbocycles. The molecule has 1 N–H and O–H groups in total. The summed E-state index contributed by atoms with van der Waals surface area (Å²) in [4.78, 5) is 18.4. The highest BCUT2D eigenvalue weighted by molar-refractivity contribution is 5.89. The average molecular weight is 371 g/mol. The zero-order valence-electron chi connectivity index (χ0n) is 16.1. The lowest BCUT2D eigenvalue weighted by Gasteiger charge is -2.35. The second kappa shape index (κ2) is 8.26. The number of carbonyl (C=O) groups is 1. The molecule has 144 valence electrons. The fourth-order valence-corrected chi connectivity index (χ4v) is 3.03. The number of morpholine rings is 1. The average Bonchev–Trinajstić information content (AvgIpc) is 2.64. The first kappa shape index (κ1) is 19.0. The molecule has 7 heteroatoms. The van der Waals surface area contributed by atoms with Crippen molar-refractivity contribution in [1.82, 2.24) is 9.88 Å². The number of benzene rings is 1. The normalized spacial score (nSPS) is 19.5. The minimum absolute atomic E-state index is 0.0258. The van der Waals surface area contributed by atoms with Gasteiger partial charge in [-0.1, -0.05) is 6.07 Å². The molecular weight excluding hydrogens is 346 g/mol. The third-order valence-electron chi connectivity index (χ3n) is 4.23. The van der Waals surface area contributed by atoms with Crippen LogP contribution in [0.2, 0.25) is 0 Å². The van der Waals surface area contributed by atoms with Gasteiger partial charge in [0.15, 0.2) is 11.5 Å². The summed E-state index contributed by atoms with van der Waals surface area (Å²) in [5, 5.41) is 2.86. The number of pyridine rings is 1. The molecule has 3 rings (SSSR count). The van der Waals surface area contributed by atoms with Gasteiger partial charge >= 0.3 is 6.03 Å². The van der Waals surface area contributed by atoms with Gasteiger partial charge in [0.05, 0.1) is 31.2 Å². The summed E-state index contributed by atoms with van der Waals surface area (Å²) in [7, 11) is 1.60. The van der Waals surface area contributed by atoms with Gasteiger partial charge < -0.3 is 24.4 Å². The first-order chi connectivity index (χ1) is 12.9. The maximum atomic E-state index is 12.4. The Balaban J connectivity index is 1.63. The zero-order chi connectivity index (χ0) is 19.4. The van der Waals surface area contributed by atoms with E-state index in [0.717, 1.165) is 5.56 Å². The summed E-state index contributed by atoms with van der Waals surface area (Å²) >= 11 is 0. The zero-order valence-corrected chi connectivity index (χ0v) is 16.1. The minimum Gasteiger partial charge on any atom is -0.493 e. The number of ether oxygens (including phenoxy) is 3. The predicted octanol–water partition coefficient (Wildman–Crippen LogP) is 3.83. The van der Waals surface area contributed by atoms with E-state index in [1.54, 1.807) is 30.3 Å². The molecule has 1 fully saturated rings. The smallest absolute Gasteiger partial charge is 0.322 e. The summed E-state index contributed by atoms with van der Waals surface area (Å²) in [6.45, 7) is 7.04. The Hall–Kier alpha value is -2.80. The van der Waals surface area contributed by atoms with Crippen LogP contribution in [0.4, 0.5) is 10.5 Å². The Morgan fingerprint density at radius 3 is 2.56 bits per heavy atom. The summed E-state index contributed by atoms with van der Waals surface area (Å²) in [6.07, 6.45) is 1.62. The summed E-state index contributed by atoms with van der Waals surface area (Å²) < 4.78 is 16.8. The number of methoxy groups -OCH3 is 1. The Kier molecular flexibility index (Phi) is 5.81. The van der Waals surface area contributed by atoms with E-state index in [1.165, 1.54) is 0 Å². The first-order valence-corrected chi connectivity index (χ1v) is 8.94. The molecule has 2 aromatic rings. The fourth-order valence-electron chi connectivity index (χ4n) is 3.03. The molecule has 0 aliphatic carbocycles. The van der Waals surface area contributed by atoms with E-state index in [0.29, 0.717) is 36.2 Å². The van der Waals surface area contributed by atoms with Crippen LogP contribution in [0.15, 0.2) is 36.5 Å². The van der Waals surface area contributed by atoms with E-state index in [2.05, 4.69) is 10.3 Å². The molecule has 1 aliphatic rings. The van der Waals surface area contributed by atoms with E-state index < -0.39 is 0 Å². The van der Waals surface area contributed by atoms with Crippen LogP contribution in [-0.4, -0.2) is 48.3 Å². The van der Waals surface area contributed by atoms with Crippen LogP contribution < -0.4 is 14.8 Å². The van der Waals surface area contributed by atoms with Gasteiger partial charge in [-0.15, -0.1) is 0 Å². The van der Waals surface area contributed by atoms with Gasteiger partial charge in [0.1, 0.15) is 0 Å². The molecule has 7 nitrogen and oxygen atoms in total. The van der Waals surface area contributed by atoms with Crippen LogP contribution in [0.25, 0.3) is 0 Å². The summed E-state index contributed by atoms with van der Waals surface area (Å²) in [5.74, 6) is 1.65. The number of nitrogens with zero attached hydrogens (tertiary/aromatic N) is 2. The van der Waals surface area contributed by atoms with E-state index in [9.17, 15) is 4.79 Å². The van der Waals surface area contributed by atoms with E-state index in [4.69, 9.17) is 14.2 Å². The number of rotatable bonds is 4. The second-order valence-electron chi connectivity index (χ2n) is 6.73. The molecule has 2 heterocycles. The Morgan fingerprint density at radius 1 is 1.19 bits per heavy atom. The van der Waals surface area contributed by atoms with Gasteiger partial charge in [-0.05, 0) is 44.5 Å². The standard InChI is InChI=1S/C20H25N3O4/c1-13-5-7-17(18(9-13)25-4)27-19-8-6-16(10-21-19)22-20(24)23-11-14(2)26-15(3)12-23/h5-10,14-15H,11-12H2,1-4H3,(H,22,24)/t14-,15-/m0/s1. The SMILES string of the molecule is COc1cc(C)ccc1Oc1ccc(NC(=O)N2C[C@H](C)O[C@@H](C)C2)cn1. The lowest BCUT2D eigenvalue weighted by atomic mass is 10.2. The lowest BCUT2D eigenvalue weighted by molar-refractivity contribution is -0.0530. The van der Waals surface area contributed by atoms with Crippen LogP contribution in [0.5, 0.6) is 17.4 Å². The molecule has 0 bridgehead atoms. The number of hydrogen-bond donors (Lipinski definition) is 1. The number of carbonyl (C=O) groups excluding carboxylic acids is 1. The lowest BCUT2D eigenvalue weighted by Crippen LogP contribution is -2.49. The summed E-state index contributed by atoms with van der Waals surface area (Å²) in [6, 6.07) is 8.98. The highest BCUT2D eigenvalue weighted by atomic mass is 16.5. The molecule has 1 aromatic heterocycles. The van der Waals surface area contributed by atoms with Crippen molar-refractivity contribution in [2.75, 3.05) is 25.5 Å². The number of aryl methyl sites for hydroxylation is 1. The van der Waals surface area contributed by atoms with Gasteiger partial charge in [-0.2, -0.15) is 0 Å². The van der Waals surface area contributed by atoms with Crippen LogP contribution in [0.1, 0.15) is 19.4 Å². The van der Waals surface area contributed by atoms with Crippen LogP contribution in [0, 0.1) is 6.92 Å². The molecule has 2 amide bonds. The molecule has 27 heavy (non-hydrogen) atoms. The van der Waals surface area contributed by atoms with Gasteiger partial charge in [0.25, 0.3) is 0 Å². The van der Waals surface area contributed by atoms with E-state index >= 15 is 0 Å². The van der Waals surface area contributed by atoms with Crippen molar-refractivity contribution in [2.24, 2.45) is 0 Å². The number of nitrogens with one attached hydrogen (secondary N) is 1. The van der Waals surface area contributed by atoms with Crippen molar-refractivity contribution in [1.29, 1.82) is 0 Å². The van der Waals surface area contributed by atoms with E-state index in [1.807, 2.05) is 39.0 Å². The molecule has 0 radical (unpaired) electrons. The number of anilines is 1. The highest BCUT2D eigenvalue weighted by Gasteiger charge is 2.25. The maximum absolute atomic E-state index is 12.4. The largest absolute Gasteiger partial charge is 0.493 e. The van der Waals surface area contributed by atoms with Crippen molar-refractivity contribution in [2.45, 2.75) is 33.0 Å². The van der Waals surface area contributed by atoms with Crippen molar-refractivity contribution in [3.05, 3.63) is 42.1 Å². The number of amides is 2. The molecule has 2 atom stereocenters. The number of hydrogen-bond acceptors (Lipinski definition) is 5. The van der Waals surface area contributed by atoms with Crippen LogP contribution >= 0.6 is 0 Å². The van der Waals surface area contributed by atoms with Crippen molar-refractivity contribution in [3.63, 3.8) is 0 Å². The van der Waals surface area contributed by atoms with Crippen LogP contribution in [0.3, 0.4) is 0 Å².